The summed E-state index contributed by atoms with van der Waals surface area (Å²) >= 11 is 0. The maximum Gasteiger partial charge on any atom is 0.0905 e. The largest absolute Gasteiger partial charge is 0.392 e. The topological polar surface area (TPSA) is 40.5 Å². The Hall–Kier alpha value is -1.12. The van der Waals surface area contributed by atoms with E-state index in [9.17, 15) is 5.11 Å². The zero-order chi connectivity index (χ0) is 11.3. The number of rotatable bonds is 4. The molecular formula is C13H18O2. The number of benzene rings is 1. The monoisotopic (exact) mass is 206 g/mol. The van der Waals surface area contributed by atoms with E-state index in [1.807, 2.05) is 37.3 Å². The van der Waals surface area contributed by atoms with E-state index in [1.165, 1.54) is 0 Å². The van der Waals surface area contributed by atoms with Crippen molar-refractivity contribution < 1.29 is 10.2 Å². The van der Waals surface area contributed by atoms with Crippen molar-refractivity contribution in [2.45, 2.75) is 25.9 Å². The first kappa shape index (κ1) is 12.0. The van der Waals surface area contributed by atoms with E-state index in [0.717, 1.165) is 11.1 Å². The average Bonchev–Trinajstić information content (AvgIpc) is 2.18. The Morgan fingerprint density at radius 1 is 1.33 bits per heavy atom. The highest BCUT2D eigenvalue weighted by atomic mass is 16.3. The van der Waals surface area contributed by atoms with Crippen LogP contribution in [-0.2, 0) is 5.60 Å². The molecule has 1 aromatic carbocycles. The van der Waals surface area contributed by atoms with Crippen molar-refractivity contribution in [2.24, 2.45) is 0 Å². The average molecular weight is 206 g/mol. The minimum Gasteiger partial charge on any atom is -0.392 e. The molecule has 0 saturated heterocycles. The quantitative estimate of drug-likeness (QED) is 0.742. The third-order valence-electron chi connectivity index (χ3n) is 2.46. The molecule has 1 rings (SSSR count). The summed E-state index contributed by atoms with van der Waals surface area (Å²) in [5, 5.41) is 19.0. The van der Waals surface area contributed by atoms with Crippen LogP contribution in [0.4, 0.5) is 0 Å². The fraction of sp³-hybridized carbons (Fsp3) is 0.385. The smallest absolute Gasteiger partial charge is 0.0905 e. The van der Waals surface area contributed by atoms with Gasteiger partial charge in [-0.2, -0.15) is 0 Å². The fourth-order valence-corrected chi connectivity index (χ4v) is 1.67. The summed E-state index contributed by atoms with van der Waals surface area (Å²) in [6.07, 6.45) is 2.26. The van der Waals surface area contributed by atoms with Crippen molar-refractivity contribution in [1.29, 1.82) is 0 Å². The first-order valence-electron chi connectivity index (χ1n) is 5.10. The van der Waals surface area contributed by atoms with E-state index >= 15 is 0 Å². The second-order valence-corrected chi connectivity index (χ2v) is 4.05. The maximum atomic E-state index is 10.3. The van der Waals surface area contributed by atoms with Crippen LogP contribution in [-0.4, -0.2) is 16.8 Å². The minimum atomic E-state index is -0.864. The Kier molecular flexibility index (Phi) is 4.06. The molecule has 2 nitrogen and oxygen atoms in total. The summed E-state index contributed by atoms with van der Waals surface area (Å²) in [7, 11) is 0. The highest BCUT2D eigenvalue weighted by Gasteiger charge is 2.22. The van der Waals surface area contributed by atoms with Crippen LogP contribution in [0.3, 0.4) is 0 Å². The van der Waals surface area contributed by atoms with Crippen molar-refractivity contribution in [3.63, 3.8) is 0 Å². The van der Waals surface area contributed by atoms with Gasteiger partial charge in [-0.05, 0) is 19.4 Å². The molecule has 0 aromatic heterocycles. The van der Waals surface area contributed by atoms with E-state index in [4.69, 9.17) is 5.11 Å². The van der Waals surface area contributed by atoms with Gasteiger partial charge in [-0.3, -0.25) is 0 Å². The summed E-state index contributed by atoms with van der Waals surface area (Å²) in [6, 6.07) is 9.57. The third kappa shape index (κ3) is 3.50. The van der Waals surface area contributed by atoms with Gasteiger partial charge in [-0.25, -0.2) is 0 Å². The Labute approximate surface area is 90.9 Å². The van der Waals surface area contributed by atoms with Crippen LogP contribution in [0.1, 0.15) is 25.8 Å². The molecule has 1 aromatic rings. The number of aliphatic hydroxyl groups excluding tert-OH is 1. The molecule has 0 aliphatic heterocycles. The maximum absolute atomic E-state index is 10.3. The minimum absolute atomic E-state index is 0.0245. The molecule has 82 valence electrons. The van der Waals surface area contributed by atoms with E-state index in [-0.39, 0.29) is 6.61 Å². The van der Waals surface area contributed by atoms with Gasteiger partial charge in [0.25, 0.3) is 0 Å². The van der Waals surface area contributed by atoms with Crippen LogP contribution in [0.5, 0.6) is 0 Å². The van der Waals surface area contributed by atoms with Gasteiger partial charge in [-0.15, -0.1) is 0 Å². The molecule has 0 bridgehead atoms. The Morgan fingerprint density at radius 3 is 2.47 bits per heavy atom. The molecule has 2 heteroatoms. The standard InChI is InChI=1S/C13H18O2/c1-11(8-9-14)10-13(2,15)12-6-4-3-5-7-12/h3-8,14-15H,9-10H2,1-2H3/b11-8-/t13-/m0/s1. The van der Waals surface area contributed by atoms with Crippen LogP contribution in [0.15, 0.2) is 42.0 Å². The molecule has 0 spiro atoms. The lowest BCUT2D eigenvalue weighted by Gasteiger charge is -2.24. The van der Waals surface area contributed by atoms with Crippen molar-refractivity contribution >= 4 is 0 Å². The first-order valence-corrected chi connectivity index (χ1v) is 5.10. The summed E-state index contributed by atoms with van der Waals surface area (Å²) < 4.78 is 0. The van der Waals surface area contributed by atoms with E-state index in [1.54, 1.807) is 13.0 Å². The highest BCUT2D eigenvalue weighted by Crippen LogP contribution is 2.27. The van der Waals surface area contributed by atoms with Crippen molar-refractivity contribution in [1.82, 2.24) is 0 Å². The predicted octanol–water partition coefficient (Wildman–Crippen LogP) is 2.22. The summed E-state index contributed by atoms with van der Waals surface area (Å²) in [5.41, 5.74) is 1.03. The van der Waals surface area contributed by atoms with Gasteiger partial charge in [-0.1, -0.05) is 42.0 Å². The Morgan fingerprint density at radius 2 is 1.93 bits per heavy atom. The van der Waals surface area contributed by atoms with Crippen molar-refractivity contribution in [3.05, 3.63) is 47.5 Å². The van der Waals surface area contributed by atoms with Gasteiger partial charge in [0.15, 0.2) is 0 Å². The molecule has 0 radical (unpaired) electrons. The second kappa shape index (κ2) is 5.10. The molecule has 0 saturated carbocycles. The molecule has 0 aliphatic rings. The van der Waals surface area contributed by atoms with Gasteiger partial charge in [0, 0.05) is 6.42 Å². The van der Waals surface area contributed by atoms with Gasteiger partial charge < -0.3 is 10.2 Å². The zero-order valence-electron chi connectivity index (χ0n) is 9.27. The van der Waals surface area contributed by atoms with E-state index in [2.05, 4.69) is 0 Å². The summed E-state index contributed by atoms with van der Waals surface area (Å²) in [6.45, 7) is 3.72. The number of hydrogen-bond donors (Lipinski definition) is 2. The highest BCUT2D eigenvalue weighted by molar-refractivity contribution is 5.23. The fourth-order valence-electron chi connectivity index (χ4n) is 1.67. The molecule has 0 fully saturated rings. The van der Waals surface area contributed by atoms with Crippen molar-refractivity contribution in [2.75, 3.05) is 6.61 Å². The van der Waals surface area contributed by atoms with Gasteiger partial charge in [0.05, 0.1) is 12.2 Å². The second-order valence-electron chi connectivity index (χ2n) is 4.05. The number of hydrogen-bond acceptors (Lipinski definition) is 2. The lowest BCUT2D eigenvalue weighted by molar-refractivity contribution is 0.0575. The van der Waals surface area contributed by atoms with Gasteiger partial charge >= 0.3 is 0 Å². The molecule has 0 unspecified atom stereocenters. The molecule has 0 amide bonds. The zero-order valence-corrected chi connectivity index (χ0v) is 9.27. The molecule has 0 heterocycles. The Balaban J connectivity index is 2.80. The van der Waals surface area contributed by atoms with Gasteiger partial charge in [0.2, 0.25) is 0 Å². The van der Waals surface area contributed by atoms with Gasteiger partial charge in [0.1, 0.15) is 0 Å². The van der Waals surface area contributed by atoms with E-state index < -0.39 is 5.60 Å². The predicted molar refractivity (Wildman–Crippen MR) is 61.5 cm³/mol. The van der Waals surface area contributed by atoms with Crippen LogP contribution in [0.25, 0.3) is 0 Å². The SMILES string of the molecule is C/C(=C/CO)C[C@](C)(O)c1ccccc1. The Bertz CT molecular complexity index is 326. The lowest BCUT2D eigenvalue weighted by atomic mass is 9.89. The summed E-state index contributed by atoms with van der Waals surface area (Å²) in [4.78, 5) is 0. The van der Waals surface area contributed by atoms with Crippen LogP contribution in [0, 0.1) is 0 Å². The summed E-state index contributed by atoms with van der Waals surface area (Å²) in [5.74, 6) is 0. The van der Waals surface area contributed by atoms with Crippen LogP contribution >= 0.6 is 0 Å². The van der Waals surface area contributed by atoms with Crippen LogP contribution in [0.2, 0.25) is 0 Å². The molecule has 2 N–H and O–H groups in total. The molecule has 1 atom stereocenters. The number of aliphatic hydroxyl groups is 2. The molecule has 15 heavy (non-hydrogen) atoms. The van der Waals surface area contributed by atoms with E-state index in [0.29, 0.717) is 6.42 Å². The lowest BCUT2D eigenvalue weighted by Crippen LogP contribution is -2.21. The van der Waals surface area contributed by atoms with Crippen molar-refractivity contribution in [3.8, 4) is 0 Å². The molecular weight excluding hydrogens is 188 g/mol. The first-order chi connectivity index (χ1) is 7.06. The normalized spacial score (nSPS) is 16.1. The third-order valence-corrected chi connectivity index (χ3v) is 2.46. The molecule has 0 aliphatic carbocycles. The van der Waals surface area contributed by atoms with Crippen LogP contribution < -0.4 is 0 Å².